The first-order chi connectivity index (χ1) is 11.5. The Balaban J connectivity index is 1.97. The van der Waals surface area contributed by atoms with Crippen molar-refractivity contribution in [2.75, 3.05) is 0 Å². The van der Waals surface area contributed by atoms with E-state index in [2.05, 4.69) is 5.16 Å². The van der Waals surface area contributed by atoms with Gasteiger partial charge in [0.15, 0.2) is 11.4 Å². The van der Waals surface area contributed by atoms with Gasteiger partial charge in [0.2, 0.25) is 5.75 Å². The second-order valence-electron chi connectivity index (χ2n) is 5.64. The standard InChI is InChI=1S/C17H16N2O5/c1-2-17(12-6-4-3-5-7-12)10-13(18-24-17)11-8-14(19(22)23)16(21)15(20)9-11/h3-9,20-21H,2,10H2,1H3. The highest BCUT2D eigenvalue weighted by Crippen LogP contribution is 2.42. The van der Waals surface area contributed by atoms with Crippen LogP contribution in [0.5, 0.6) is 11.5 Å². The number of nitro benzene ring substituents is 1. The first kappa shape index (κ1) is 15.8. The fourth-order valence-electron chi connectivity index (χ4n) is 2.83. The molecule has 7 heteroatoms. The summed E-state index contributed by atoms with van der Waals surface area (Å²) in [6.45, 7) is 1.97. The Bertz CT molecular complexity index is 819. The minimum absolute atomic E-state index is 0.350. The van der Waals surface area contributed by atoms with Crippen LogP contribution in [0.1, 0.15) is 30.9 Å². The topological polar surface area (TPSA) is 105 Å². The summed E-state index contributed by atoms with van der Waals surface area (Å²) in [6.07, 6.45) is 1.07. The highest BCUT2D eigenvalue weighted by molar-refractivity contribution is 6.03. The van der Waals surface area contributed by atoms with Gasteiger partial charge in [-0.1, -0.05) is 42.4 Å². The molecule has 0 spiro atoms. The van der Waals surface area contributed by atoms with Crippen LogP contribution < -0.4 is 0 Å². The second-order valence-corrected chi connectivity index (χ2v) is 5.64. The Morgan fingerprint density at radius 3 is 2.62 bits per heavy atom. The first-order valence-corrected chi connectivity index (χ1v) is 7.48. The van der Waals surface area contributed by atoms with Crippen molar-refractivity contribution in [3.63, 3.8) is 0 Å². The predicted octanol–water partition coefficient (Wildman–Crippen LogP) is 3.44. The number of aromatic hydroxyl groups is 2. The number of benzene rings is 2. The van der Waals surface area contributed by atoms with Crippen LogP contribution in [0.3, 0.4) is 0 Å². The molecule has 2 aromatic rings. The maximum Gasteiger partial charge on any atom is 0.315 e. The minimum Gasteiger partial charge on any atom is -0.504 e. The monoisotopic (exact) mass is 328 g/mol. The first-order valence-electron chi connectivity index (χ1n) is 7.48. The molecule has 0 radical (unpaired) electrons. The molecule has 0 saturated carbocycles. The molecule has 1 heterocycles. The molecule has 7 nitrogen and oxygen atoms in total. The molecular weight excluding hydrogens is 312 g/mol. The smallest absolute Gasteiger partial charge is 0.315 e. The zero-order valence-corrected chi connectivity index (χ0v) is 13.0. The molecule has 1 atom stereocenters. The maximum atomic E-state index is 11.0. The van der Waals surface area contributed by atoms with Gasteiger partial charge in [-0.2, -0.15) is 0 Å². The van der Waals surface area contributed by atoms with Crippen molar-refractivity contribution in [2.24, 2.45) is 5.16 Å². The van der Waals surface area contributed by atoms with E-state index in [-0.39, 0.29) is 0 Å². The summed E-state index contributed by atoms with van der Waals surface area (Å²) >= 11 is 0. The Hall–Kier alpha value is -3.09. The second kappa shape index (κ2) is 5.84. The third-order valence-corrected chi connectivity index (χ3v) is 4.25. The Kier molecular flexibility index (Phi) is 3.84. The van der Waals surface area contributed by atoms with Gasteiger partial charge in [-0.05, 0) is 18.1 Å². The summed E-state index contributed by atoms with van der Waals surface area (Å²) in [5, 5.41) is 34.4. The lowest BCUT2D eigenvalue weighted by Gasteiger charge is -2.25. The summed E-state index contributed by atoms with van der Waals surface area (Å²) in [5.41, 5.74) is 0.589. The zero-order chi connectivity index (χ0) is 17.3. The van der Waals surface area contributed by atoms with E-state index < -0.39 is 27.7 Å². The molecule has 1 aliphatic heterocycles. The summed E-state index contributed by atoms with van der Waals surface area (Å²) in [4.78, 5) is 15.9. The van der Waals surface area contributed by atoms with Crippen molar-refractivity contribution in [3.8, 4) is 11.5 Å². The van der Waals surface area contributed by atoms with Crippen LogP contribution in [-0.2, 0) is 10.4 Å². The molecule has 0 amide bonds. The average molecular weight is 328 g/mol. The van der Waals surface area contributed by atoms with Crippen LogP contribution in [0.2, 0.25) is 0 Å². The van der Waals surface area contributed by atoms with E-state index in [1.165, 1.54) is 12.1 Å². The number of phenolic OH excluding ortho intramolecular Hbond substituents is 2. The van der Waals surface area contributed by atoms with E-state index in [4.69, 9.17) is 4.84 Å². The SMILES string of the molecule is CCC1(c2ccccc2)CC(c2cc(O)c(O)c([N+](=O)[O-])c2)=NO1. The van der Waals surface area contributed by atoms with Crippen molar-refractivity contribution in [1.29, 1.82) is 0 Å². The van der Waals surface area contributed by atoms with Gasteiger partial charge >= 0.3 is 5.69 Å². The lowest BCUT2D eigenvalue weighted by molar-refractivity contribution is -0.386. The highest BCUT2D eigenvalue weighted by Gasteiger charge is 2.40. The number of hydrogen-bond donors (Lipinski definition) is 2. The lowest BCUT2D eigenvalue weighted by Crippen LogP contribution is -2.25. The molecule has 1 unspecified atom stereocenters. The summed E-state index contributed by atoms with van der Waals surface area (Å²) in [6, 6.07) is 12.0. The largest absolute Gasteiger partial charge is 0.504 e. The normalized spacial score (nSPS) is 19.6. The molecule has 24 heavy (non-hydrogen) atoms. The summed E-state index contributed by atoms with van der Waals surface area (Å²) in [5.74, 6) is -1.32. The van der Waals surface area contributed by atoms with E-state index in [1.807, 2.05) is 37.3 Å². The van der Waals surface area contributed by atoms with E-state index in [0.717, 1.165) is 5.56 Å². The van der Waals surface area contributed by atoms with Gasteiger partial charge in [-0.25, -0.2) is 0 Å². The van der Waals surface area contributed by atoms with Crippen molar-refractivity contribution < 1.29 is 20.0 Å². The van der Waals surface area contributed by atoms with E-state index in [9.17, 15) is 20.3 Å². The molecule has 2 aromatic carbocycles. The number of rotatable bonds is 4. The van der Waals surface area contributed by atoms with Crippen LogP contribution in [0, 0.1) is 10.1 Å². The quantitative estimate of drug-likeness (QED) is 0.508. The van der Waals surface area contributed by atoms with Gasteiger partial charge in [0.25, 0.3) is 0 Å². The average Bonchev–Trinajstić information content (AvgIpc) is 3.03. The fraction of sp³-hybridized carbons (Fsp3) is 0.235. The lowest BCUT2D eigenvalue weighted by atomic mass is 9.85. The maximum absolute atomic E-state index is 11.0. The van der Waals surface area contributed by atoms with Crippen LogP contribution >= 0.6 is 0 Å². The van der Waals surface area contributed by atoms with E-state index in [1.54, 1.807) is 0 Å². The van der Waals surface area contributed by atoms with E-state index in [0.29, 0.717) is 24.1 Å². The minimum atomic E-state index is -0.756. The zero-order valence-electron chi connectivity index (χ0n) is 13.0. The van der Waals surface area contributed by atoms with Gasteiger partial charge in [0.1, 0.15) is 0 Å². The number of hydrogen-bond acceptors (Lipinski definition) is 6. The van der Waals surface area contributed by atoms with Crippen molar-refractivity contribution in [2.45, 2.75) is 25.4 Å². The molecular formula is C17H16N2O5. The Morgan fingerprint density at radius 2 is 2.00 bits per heavy atom. The molecule has 1 aliphatic rings. The number of phenols is 2. The number of oxime groups is 1. The van der Waals surface area contributed by atoms with Gasteiger partial charge < -0.3 is 15.1 Å². The van der Waals surface area contributed by atoms with Gasteiger partial charge in [0, 0.05) is 18.1 Å². The molecule has 0 aromatic heterocycles. The van der Waals surface area contributed by atoms with Crippen molar-refractivity contribution in [3.05, 3.63) is 63.7 Å². The summed E-state index contributed by atoms with van der Waals surface area (Å²) < 4.78 is 0. The van der Waals surface area contributed by atoms with Gasteiger partial charge in [-0.15, -0.1) is 0 Å². The van der Waals surface area contributed by atoms with Crippen LogP contribution in [0.4, 0.5) is 5.69 Å². The molecule has 0 fully saturated rings. The summed E-state index contributed by atoms with van der Waals surface area (Å²) in [7, 11) is 0. The van der Waals surface area contributed by atoms with Crippen LogP contribution in [-0.4, -0.2) is 20.8 Å². The van der Waals surface area contributed by atoms with Crippen LogP contribution in [0.15, 0.2) is 47.6 Å². The Labute approximate surface area is 138 Å². The number of nitro groups is 1. The van der Waals surface area contributed by atoms with Gasteiger partial charge in [0.05, 0.1) is 10.6 Å². The van der Waals surface area contributed by atoms with Gasteiger partial charge in [-0.3, -0.25) is 10.1 Å². The molecule has 124 valence electrons. The molecule has 3 rings (SSSR count). The molecule has 2 N–H and O–H groups in total. The molecule has 0 saturated heterocycles. The van der Waals surface area contributed by atoms with E-state index >= 15 is 0 Å². The highest BCUT2D eigenvalue weighted by atomic mass is 16.7. The predicted molar refractivity (Wildman–Crippen MR) is 87.1 cm³/mol. The third-order valence-electron chi connectivity index (χ3n) is 4.25. The number of nitrogens with zero attached hydrogens (tertiary/aromatic N) is 2. The fourth-order valence-corrected chi connectivity index (χ4v) is 2.83. The van der Waals surface area contributed by atoms with Crippen molar-refractivity contribution in [1.82, 2.24) is 0 Å². The van der Waals surface area contributed by atoms with Crippen LogP contribution in [0.25, 0.3) is 0 Å². The Morgan fingerprint density at radius 1 is 1.29 bits per heavy atom. The molecule has 0 aliphatic carbocycles. The third kappa shape index (κ3) is 2.54. The van der Waals surface area contributed by atoms with Crippen molar-refractivity contribution >= 4 is 11.4 Å². The molecule has 0 bridgehead atoms.